The van der Waals surface area contributed by atoms with Gasteiger partial charge >= 0.3 is 0 Å². The van der Waals surface area contributed by atoms with E-state index in [2.05, 4.69) is 36.4 Å². The van der Waals surface area contributed by atoms with Crippen LogP contribution in [0.15, 0.2) is 18.3 Å². The number of aryl methyl sites for hydroxylation is 1. The van der Waals surface area contributed by atoms with Crippen molar-refractivity contribution < 1.29 is 0 Å². The number of rotatable bonds is 4. The SMILES string of the molecule is CNc1cc([C@@H]2CCCN2Cc2ccn[nH]2)nc(C)n1. The van der Waals surface area contributed by atoms with Gasteiger partial charge in [-0.3, -0.25) is 10.00 Å². The van der Waals surface area contributed by atoms with Crippen molar-refractivity contribution in [3.8, 4) is 0 Å². The molecule has 1 atom stereocenters. The molecule has 1 aliphatic rings. The van der Waals surface area contributed by atoms with Crippen LogP contribution in [-0.4, -0.2) is 38.7 Å². The predicted octanol–water partition coefficient (Wildman–Crippen LogP) is 1.89. The molecule has 2 aromatic rings. The van der Waals surface area contributed by atoms with Crippen LogP contribution in [0.1, 0.15) is 36.1 Å². The van der Waals surface area contributed by atoms with E-state index < -0.39 is 0 Å². The summed E-state index contributed by atoms with van der Waals surface area (Å²) in [7, 11) is 1.89. The van der Waals surface area contributed by atoms with Crippen molar-refractivity contribution in [1.82, 2.24) is 25.1 Å². The van der Waals surface area contributed by atoms with Gasteiger partial charge in [0.15, 0.2) is 0 Å². The lowest BCUT2D eigenvalue weighted by atomic mass is 10.1. The summed E-state index contributed by atoms with van der Waals surface area (Å²) in [5.74, 6) is 1.71. The standard InChI is InChI=1S/C14H20N6/c1-10-17-12(8-14(15-2)18-10)13-4-3-7-20(13)9-11-5-6-16-19-11/h5-6,8,13H,3-4,7,9H2,1-2H3,(H,16,19)(H,15,17,18)/t13-/m0/s1. The van der Waals surface area contributed by atoms with Crippen LogP contribution < -0.4 is 5.32 Å². The fourth-order valence-electron chi connectivity index (χ4n) is 2.83. The average Bonchev–Trinajstić information content (AvgIpc) is 3.10. The van der Waals surface area contributed by atoms with Crippen LogP contribution in [0.25, 0.3) is 0 Å². The summed E-state index contributed by atoms with van der Waals surface area (Å²) in [6, 6.07) is 4.45. The molecule has 0 amide bonds. The number of H-pyrrole nitrogens is 1. The van der Waals surface area contributed by atoms with E-state index in [1.807, 2.05) is 20.0 Å². The van der Waals surface area contributed by atoms with E-state index in [9.17, 15) is 0 Å². The number of likely N-dealkylation sites (tertiary alicyclic amines) is 1. The molecule has 20 heavy (non-hydrogen) atoms. The lowest BCUT2D eigenvalue weighted by Gasteiger charge is -2.23. The first-order valence-electron chi connectivity index (χ1n) is 7.02. The van der Waals surface area contributed by atoms with E-state index in [4.69, 9.17) is 0 Å². The number of nitrogens with zero attached hydrogens (tertiary/aromatic N) is 4. The van der Waals surface area contributed by atoms with Crippen molar-refractivity contribution in [2.45, 2.75) is 32.4 Å². The first-order valence-corrected chi connectivity index (χ1v) is 7.02. The third-order valence-corrected chi connectivity index (χ3v) is 3.75. The van der Waals surface area contributed by atoms with E-state index in [1.54, 1.807) is 6.20 Å². The second-order valence-electron chi connectivity index (χ2n) is 5.19. The highest BCUT2D eigenvalue weighted by Gasteiger charge is 2.27. The number of aromatic nitrogens is 4. The summed E-state index contributed by atoms with van der Waals surface area (Å²) < 4.78 is 0. The topological polar surface area (TPSA) is 69.7 Å². The lowest BCUT2D eigenvalue weighted by molar-refractivity contribution is 0.241. The average molecular weight is 272 g/mol. The highest BCUT2D eigenvalue weighted by molar-refractivity contribution is 5.36. The number of hydrogen-bond donors (Lipinski definition) is 2. The number of hydrogen-bond acceptors (Lipinski definition) is 5. The van der Waals surface area contributed by atoms with Crippen molar-refractivity contribution in [2.75, 3.05) is 18.9 Å². The summed E-state index contributed by atoms with van der Waals surface area (Å²) in [5.41, 5.74) is 2.26. The second-order valence-corrected chi connectivity index (χ2v) is 5.19. The van der Waals surface area contributed by atoms with Crippen LogP contribution in [0.4, 0.5) is 5.82 Å². The maximum atomic E-state index is 4.62. The second kappa shape index (κ2) is 5.58. The Hall–Kier alpha value is -1.95. The summed E-state index contributed by atoms with van der Waals surface area (Å²) in [5, 5.41) is 10.2. The van der Waals surface area contributed by atoms with Gasteiger partial charge in [0, 0.05) is 31.5 Å². The summed E-state index contributed by atoms with van der Waals surface area (Å²) in [6.45, 7) is 3.93. The van der Waals surface area contributed by atoms with Crippen molar-refractivity contribution >= 4 is 5.82 Å². The fourth-order valence-corrected chi connectivity index (χ4v) is 2.83. The minimum absolute atomic E-state index is 0.368. The molecule has 1 saturated heterocycles. The van der Waals surface area contributed by atoms with Crippen LogP contribution >= 0.6 is 0 Å². The Morgan fingerprint density at radius 2 is 2.35 bits per heavy atom. The minimum Gasteiger partial charge on any atom is -0.373 e. The highest BCUT2D eigenvalue weighted by Crippen LogP contribution is 2.32. The van der Waals surface area contributed by atoms with Gasteiger partial charge in [0.25, 0.3) is 0 Å². The van der Waals surface area contributed by atoms with E-state index in [0.29, 0.717) is 6.04 Å². The van der Waals surface area contributed by atoms with Crippen LogP contribution in [0.2, 0.25) is 0 Å². The van der Waals surface area contributed by atoms with E-state index in [-0.39, 0.29) is 0 Å². The normalized spacial score (nSPS) is 19.4. The molecule has 0 radical (unpaired) electrons. The quantitative estimate of drug-likeness (QED) is 0.889. The molecule has 6 nitrogen and oxygen atoms in total. The molecule has 1 aliphatic heterocycles. The number of anilines is 1. The molecule has 6 heteroatoms. The molecular weight excluding hydrogens is 252 g/mol. The molecule has 0 unspecified atom stereocenters. The molecule has 0 bridgehead atoms. The zero-order valence-corrected chi connectivity index (χ0v) is 11.9. The monoisotopic (exact) mass is 272 g/mol. The molecule has 0 spiro atoms. The predicted molar refractivity (Wildman–Crippen MR) is 77.3 cm³/mol. The Kier molecular flexibility index (Phi) is 3.64. The lowest BCUT2D eigenvalue weighted by Crippen LogP contribution is -2.24. The van der Waals surface area contributed by atoms with Gasteiger partial charge in [-0.2, -0.15) is 5.10 Å². The molecule has 0 aliphatic carbocycles. The maximum Gasteiger partial charge on any atom is 0.129 e. The van der Waals surface area contributed by atoms with Gasteiger partial charge in [-0.15, -0.1) is 0 Å². The fraction of sp³-hybridized carbons (Fsp3) is 0.500. The Labute approximate surface area is 118 Å². The Bertz CT molecular complexity index is 565. The van der Waals surface area contributed by atoms with Gasteiger partial charge in [-0.1, -0.05) is 0 Å². The molecule has 0 saturated carbocycles. The van der Waals surface area contributed by atoms with E-state index in [0.717, 1.165) is 42.5 Å². The molecule has 3 heterocycles. The van der Waals surface area contributed by atoms with Gasteiger partial charge < -0.3 is 5.32 Å². The maximum absolute atomic E-state index is 4.62. The minimum atomic E-state index is 0.368. The summed E-state index contributed by atoms with van der Waals surface area (Å²) in [4.78, 5) is 11.4. The van der Waals surface area contributed by atoms with E-state index in [1.165, 1.54) is 6.42 Å². The van der Waals surface area contributed by atoms with Crippen LogP contribution in [0, 0.1) is 6.92 Å². The Morgan fingerprint density at radius 3 is 3.10 bits per heavy atom. The Balaban J connectivity index is 1.82. The van der Waals surface area contributed by atoms with Gasteiger partial charge in [0.1, 0.15) is 11.6 Å². The summed E-state index contributed by atoms with van der Waals surface area (Å²) in [6.07, 6.45) is 4.15. The molecule has 2 aromatic heterocycles. The van der Waals surface area contributed by atoms with Crippen molar-refractivity contribution in [3.63, 3.8) is 0 Å². The van der Waals surface area contributed by atoms with E-state index >= 15 is 0 Å². The molecule has 0 aromatic carbocycles. The molecule has 2 N–H and O–H groups in total. The third-order valence-electron chi connectivity index (χ3n) is 3.75. The van der Waals surface area contributed by atoms with Crippen molar-refractivity contribution in [1.29, 1.82) is 0 Å². The van der Waals surface area contributed by atoms with Gasteiger partial charge in [0.05, 0.1) is 11.7 Å². The number of aromatic amines is 1. The van der Waals surface area contributed by atoms with Crippen LogP contribution in [-0.2, 0) is 6.54 Å². The first-order chi connectivity index (χ1) is 9.76. The number of nitrogens with one attached hydrogen (secondary N) is 2. The zero-order chi connectivity index (χ0) is 13.9. The van der Waals surface area contributed by atoms with Gasteiger partial charge in [0.2, 0.25) is 0 Å². The van der Waals surface area contributed by atoms with Gasteiger partial charge in [-0.25, -0.2) is 9.97 Å². The molecule has 106 valence electrons. The van der Waals surface area contributed by atoms with Crippen molar-refractivity contribution in [2.24, 2.45) is 0 Å². The zero-order valence-electron chi connectivity index (χ0n) is 11.9. The Morgan fingerprint density at radius 1 is 1.45 bits per heavy atom. The van der Waals surface area contributed by atoms with Crippen LogP contribution in [0.5, 0.6) is 0 Å². The van der Waals surface area contributed by atoms with Crippen molar-refractivity contribution in [3.05, 3.63) is 35.5 Å². The third kappa shape index (κ3) is 2.65. The molecule has 1 fully saturated rings. The largest absolute Gasteiger partial charge is 0.373 e. The smallest absolute Gasteiger partial charge is 0.129 e. The molecular formula is C14H20N6. The van der Waals surface area contributed by atoms with Gasteiger partial charge in [-0.05, 0) is 32.4 Å². The first kappa shape index (κ1) is 13.1. The van der Waals surface area contributed by atoms with Crippen LogP contribution in [0.3, 0.4) is 0 Å². The molecule has 3 rings (SSSR count). The summed E-state index contributed by atoms with van der Waals surface area (Å²) >= 11 is 0. The highest BCUT2D eigenvalue weighted by atomic mass is 15.2.